The van der Waals surface area contributed by atoms with Crippen molar-refractivity contribution in [2.75, 3.05) is 0 Å². The first kappa shape index (κ1) is 12.9. The molecule has 1 heterocycles. The minimum atomic E-state index is 0. The van der Waals surface area contributed by atoms with Gasteiger partial charge in [-0.15, -0.1) is 24.8 Å². The van der Waals surface area contributed by atoms with Crippen LogP contribution in [0.1, 0.15) is 10.4 Å². The van der Waals surface area contributed by atoms with E-state index in [2.05, 4.69) is 4.98 Å². The van der Waals surface area contributed by atoms with E-state index in [1.807, 2.05) is 18.2 Å². The Bertz CT molecular complexity index is 431. The highest BCUT2D eigenvalue weighted by Crippen LogP contribution is 2.11. The Labute approximate surface area is 94.2 Å². The predicted octanol–water partition coefficient (Wildman–Crippen LogP) is 2.89. The molecule has 0 atom stereocenters. The molecule has 0 unspecified atom stereocenters. The number of pyridine rings is 1. The van der Waals surface area contributed by atoms with E-state index in [1.165, 1.54) is 0 Å². The normalized spacial score (nSPS) is 8.57. The molecule has 4 heteroatoms. The molecule has 74 valence electrons. The zero-order valence-corrected chi connectivity index (χ0v) is 8.85. The minimum Gasteiger partial charge on any atom is -0.298 e. The number of halogens is 2. The second-order valence-corrected chi connectivity index (χ2v) is 2.57. The van der Waals surface area contributed by atoms with Crippen molar-refractivity contribution in [1.29, 1.82) is 0 Å². The number of aromatic nitrogens is 1. The second kappa shape index (κ2) is 5.58. The van der Waals surface area contributed by atoms with Crippen LogP contribution in [0.15, 0.2) is 36.5 Å². The molecule has 0 aliphatic carbocycles. The standard InChI is InChI=1S/C10H7NO.2ClH/c12-7-8-3-4-9-2-1-5-11-10(9)6-8;;/h1-7H;2*1H. The predicted molar refractivity (Wildman–Crippen MR) is 61.6 cm³/mol. The lowest BCUT2D eigenvalue weighted by atomic mass is 10.1. The summed E-state index contributed by atoms with van der Waals surface area (Å²) in [4.78, 5) is 14.6. The van der Waals surface area contributed by atoms with Crippen molar-refractivity contribution in [1.82, 2.24) is 4.98 Å². The van der Waals surface area contributed by atoms with Gasteiger partial charge in [-0.2, -0.15) is 0 Å². The monoisotopic (exact) mass is 229 g/mol. The van der Waals surface area contributed by atoms with Crippen molar-refractivity contribution in [3.8, 4) is 0 Å². The molecule has 2 rings (SSSR count). The number of carbonyl (C=O) groups excluding carboxylic acids is 1. The Morgan fingerprint density at radius 2 is 1.93 bits per heavy atom. The third-order valence-corrected chi connectivity index (χ3v) is 1.77. The Morgan fingerprint density at radius 3 is 2.64 bits per heavy atom. The molecule has 14 heavy (non-hydrogen) atoms. The Hall–Kier alpha value is -1.12. The fourth-order valence-corrected chi connectivity index (χ4v) is 1.16. The van der Waals surface area contributed by atoms with Crippen molar-refractivity contribution in [3.63, 3.8) is 0 Å². The van der Waals surface area contributed by atoms with E-state index in [0.29, 0.717) is 5.56 Å². The number of aldehydes is 1. The summed E-state index contributed by atoms with van der Waals surface area (Å²) in [5.74, 6) is 0. The van der Waals surface area contributed by atoms with Gasteiger partial charge in [0.15, 0.2) is 0 Å². The van der Waals surface area contributed by atoms with Gasteiger partial charge in [-0.1, -0.05) is 18.2 Å². The second-order valence-electron chi connectivity index (χ2n) is 2.57. The molecule has 0 aliphatic heterocycles. The highest BCUT2D eigenvalue weighted by molar-refractivity contribution is 5.86. The average Bonchev–Trinajstić information content (AvgIpc) is 2.17. The number of fused-ring (bicyclic) bond motifs is 1. The van der Waals surface area contributed by atoms with Crippen molar-refractivity contribution >= 4 is 42.0 Å². The van der Waals surface area contributed by atoms with Crippen LogP contribution in [0.3, 0.4) is 0 Å². The first-order valence-corrected chi connectivity index (χ1v) is 3.70. The fraction of sp³-hybridized carbons (Fsp3) is 0. The summed E-state index contributed by atoms with van der Waals surface area (Å²) in [6.45, 7) is 0. The molecular weight excluding hydrogens is 221 g/mol. The van der Waals surface area contributed by atoms with Crippen molar-refractivity contribution in [3.05, 3.63) is 42.1 Å². The number of hydrogen-bond donors (Lipinski definition) is 0. The first-order chi connectivity index (χ1) is 5.90. The van der Waals surface area contributed by atoms with Crippen LogP contribution < -0.4 is 0 Å². The number of carbonyl (C=O) groups is 1. The van der Waals surface area contributed by atoms with Gasteiger partial charge in [0.05, 0.1) is 5.52 Å². The molecule has 0 spiro atoms. The van der Waals surface area contributed by atoms with Gasteiger partial charge < -0.3 is 0 Å². The molecular formula is C10H9Cl2NO. The Morgan fingerprint density at radius 1 is 1.14 bits per heavy atom. The smallest absolute Gasteiger partial charge is 0.150 e. The lowest BCUT2D eigenvalue weighted by Crippen LogP contribution is -1.81. The van der Waals surface area contributed by atoms with Crippen LogP contribution in [0.2, 0.25) is 0 Å². The lowest BCUT2D eigenvalue weighted by molar-refractivity contribution is 0.112. The van der Waals surface area contributed by atoms with Crippen molar-refractivity contribution in [2.24, 2.45) is 0 Å². The van der Waals surface area contributed by atoms with Crippen LogP contribution in [-0.4, -0.2) is 11.3 Å². The van der Waals surface area contributed by atoms with Crippen molar-refractivity contribution in [2.45, 2.75) is 0 Å². The number of benzene rings is 1. The SMILES string of the molecule is Cl.Cl.O=Cc1ccc2cccnc2c1. The maximum Gasteiger partial charge on any atom is 0.150 e. The highest BCUT2D eigenvalue weighted by Gasteiger charge is 1.93. The van der Waals surface area contributed by atoms with E-state index in [1.54, 1.807) is 18.3 Å². The molecule has 0 radical (unpaired) electrons. The van der Waals surface area contributed by atoms with Crippen LogP contribution >= 0.6 is 24.8 Å². The third kappa shape index (κ3) is 2.44. The molecule has 0 fully saturated rings. The van der Waals surface area contributed by atoms with Crippen LogP contribution in [0, 0.1) is 0 Å². The molecule has 2 nitrogen and oxygen atoms in total. The fourth-order valence-electron chi connectivity index (χ4n) is 1.16. The van der Waals surface area contributed by atoms with E-state index < -0.39 is 0 Å². The van der Waals surface area contributed by atoms with Gasteiger partial charge in [0.1, 0.15) is 6.29 Å². The summed E-state index contributed by atoms with van der Waals surface area (Å²) in [5, 5.41) is 1.06. The molecule has 1 aromatic heterocycles. The Balaban J connectivity index is 0.000000845. The molecule has 0 saturated heterocycles. The van der Waals surface area contributed by atoms with Gasteiger partial charge in [0, 0.05) is 17.1 Å². The zero-order valence-electron chi connectivity index (χ0n) is 7.21. The van der Waals surface area contributed by atoms with Crippen LogP contribution in [0.25, 0.3) is 10.9 Å². The van der Waals surface area contributed by atoms with E-state index >= 15 is 0 Å². The minimum absolute atomic E-state index is 0. The van der Waals surface area contributed by atoms with Gasteiger partial charge in [-0.3, -0.25) is 9.78 Å². The van der Waals surface area contributed by atoms with Gasteiger partial charge in [0.2, 0.25) is 0 Å². The number of nitrogens with zero attached hydrogens (tertiary/aromatic N) is 1. The quantitative estimate of drug-likeness (QED) is 0.705. The maximum absolute atomic E-state index is 10.4. The lowest BCUT2D eigenvalue weighted by Gasteiger charge is -1.95. The summed E-state index contributed by atoms with van der Waals surface area (Å²) in [6.07, 6.45) is 2.55. The molecule has 0 amide bonds. The molecule has 0 N–H and O–H groups in total. The van der Waals surface area contributed by atoms with E-state index in [9.17, 15) is 4.79 Å². The third-order valence-electron chi connectivity index (χ3n) is 1.77. The average molecular weight is 230 g/mol. The maximum atomic E-state index is 10.4. The van der Waals surface area contributed by atoms with Gasteiger partial charge >= 0.3 is 0 Å². The summed E-state index contributed by atoms with van der Waals surface area (Å²) >= 11 is 0. The van der Waals surface area contributed by atoms with E-state index in [-0.39, 0.29) is 24.8 Å². The van der Waals surface area contributed by atoms with Gasteiger partial charge in [-0.05, 0) is 12.1 Å². The van der Waals surface area contributed by atoms with E-state index in [4.69, 9.17) is 0 Å². The molecule has 0 saturated carbocycles. The van der Waals surface area contributed by atoms with Crippen LogP contribution in [0.5, 0.6) is 0 Å². The highest BCUT2D eigenvalue weighted by atomic mass is 35.5. The number of hydrogen-bond acceptors (Lipinski definition) is 2. The van der Waals surface area contributed by atoms with Crippen molar-refractivity contribution < 1.29 is 4.79 Å². The summed E-state index contributed by atoms with van der Waals surface area (Å²) < 4.78 is 0. The largest absolute Gasteiger partial charge is 0.298 e. The van der Waals surface area contributed by atoms with Crippen LogP contribution in [-0.2, 0) is 0 Å². The number of rotatable bonds is 1. The topological polar surface area (TPSA) is 30.0 Å². The zero-order chi connectivity index (χ0) is 8.39. The first-order valence-electron chi connectivity index (χ1n) is 3.70. The summed E-state index contributed by atoms with van der Waals surface area (Å²) in [6, 6.07) is 9.31. The van der Waals surface area contributed by atoms with Crippen LogP contribution in [0.4, 0.5) is 0 Å². The molecule has 0 bridgehead atoms. The van der Waals surface area contributed by atoms with Gasteiger partial charge in [0.25, 0.3) is 0 Å². The summed E-state index contributed by atoms with van der Waals surface area (Å²) in [5.41, 5.74) is 1.53. The van der Waals surface area contributed by atoms with Gasteiger partial charge in [-0.25, -0.2) is 0 Å². The molecule has 0 aliphatic rings. The molecule has 2 aromatic rings. The molecule has 1 aromatic carbocycles. The van der Waals surface area contributed by atoms with E-state index in [0.717, 1.165) is 17.2 Å². The Kier molecular flexibility index (Phi) is 5.13. The summed E-state index contributed by atoms with van der Waals surface area (Å²) in [7, 11) is 0.